The van der Waals surface area contributed by atoms with Gasteiger partial charge in [-0.25, -0.2) is 4.79 Å². The zero-order chi connectivity index (χ0) is 18.9. The van der Waals surface area contributed by atoms with Gasteiger partial charge in [0.2, 0.25) is 5.91 Å². The van der Waals surface area contributed by atoms with Gasteiger partial charge >= 0.3 is 6.09 Å². The van der Waals surface area contributed by atoms with Gasteiger partial charge in [0, 0.05) is 24.3 Å². The van der Waals surface area contributed by atoms with Crippen molar-refractivity contribution in [2.45, 2.75) is 43.7 Å². The SMILES string of the molecule is CC(C)(C)OC(=O)N[C@@]1(C(Cl)c2ccc3ccncc3c2)CCNC1=O. The second-order valence-electron chi connectivity index (χ2n) is 7.45. The summed E-state index contributed by atoms with van der Waals surface area (Å²) in [6.07, 6.45) is 3.17. The molecule has 2 N–H and O–H groups in total. The number of ether oxygens (including phenoxy) is 1. The van der Waals surface area contributed by atoms with Crippen molar-refractivity contribution in [3.05, 3.63) is 42.2 Å². The Morgan fingerprint density at radius 2 is 2.12 bits per heavy atom. The lowest BCUT2D eigenvalue weighted by atomic mass is 9.88. The van der Waals surface area contributed by atoms with E-state index in [0.717, 1.165) is 16.3 Å². The smallest absolute Gasteiger partial charge is 0.408 e. The third-order valence-corrected chi connectivity index (χ3v) is 4.95. The lowest BCUT2D eigenvalue weighted by Crippen LogP contribution is -2.57. The Bertz CT molecular complexity index is 849. The number of aromatic nitrogens is 1. The lowest BCUT2D eigenvalue weighted by molar-refractivity contribution is -0.124. The molecule has 2 heterocycles. The van der Waals surface area contributed by atoms with Crippen LogP contribution in [0.5, 0.6) is 0 Å². The average molecular weight is 376 g/mol. The third kappa shape index (κ3) is 3.60. The van der Waals surface area contributed by atoms with E-state index in [9.17, 15) is 9.59 Å². The summed E-state index contributed by atoms with van der Waals surface area (Å²) < 4.78 is 5.33. The van der Waals surface area contributed by atoms with Crippen LogP contribution in [0.4, 0.5) is 4.79 Å². The minimum absolute atomic E-state index is 0.311. The summed E-state index contributed by atoms with van der Waals surface area (Å²) >= 11 is 6.73. The molecule has 3 rings (SSSR count). The maximum Gasteiger partial charge on any atom is 0.408 e. The van der Waals surface area contributed by atoms with Crippen LogP contribution >= 0.6 is 11.6 Å². The van der Waals surface area contributed by atoms with Crippen LogP contribution in [0.1, 0.15) is 38.1 Å². The van der Waals surface area contributed by atoms with E-state index in [0.29, 0.717) is 13.0 Å². The molecular weight excluding hydrogens is 354 g/mol. The molecule has 6 nitrogen and oxygen atoms in total. The van der Waals surface area contributed by atoms with Crippen LogP contribution in [0.25, 0.3) is 10.8 Å². The number of amides is 2. The molecule has 1 aromatic carbocycles. The topological polar surface area (TPSA) is 80.3 Å². The molecule has 1 aliphatic heterocycles. The molecule has 0 saturated carbocycles. The number of carbonyl (C=O) groups excluding carboxylic acids is 2. The van der Waals surface area contributed by atoms with Crippen molar-refractivity contribution in [2.75, 3.05) is 6.54 Å². The standard InChI is InChI=1S/C19H22ClN3O3/c1-18(2,3)26-17(25)23-19(7-9-22-16(19)24)15(20)13-5-4-12-6-8-21-11-14(12)10-13/h4-6,8,10-11,15H,7,9H2,1-3H3,(H,22,24)(H,23,25)/t15?,19-/m1/s1. The van der Waals surface area contributed by atoms with E-state index in [4.69, 9.17) is 16.3 Å². The Kier molecular flexibility index (Phi) is 4.80. The molecule has 7 heteroatoms. The molecular formula is C19H22ClN3O3. The van der Waals surface area contributed by atoms with Crippen LogP contribution < -0.4 is 10.6 Å². The number of pyridine rings is 1. The predicted molar refractivity (Wildman–Crippen MR) is 100 cm³/mol. The highest BCUT2D eigenvalue weighted by Gasteiger charge is 2.50. The summed E-state index contributed by atoms with van der Waals surface area (Å²) in [5.41, 5.74) is -1.20. The number of fused-ring (bicyclic) bond motifs is 1. The number of hydrogen-bond acceptors (Lipinski definition) is 4. The first-order valence-corrected chi connectivity index (χ1v) is 8.92. The highest BCUT2D eigenvalue weighted by molar-refractivity contribution is 6.24. The van der Waals surface area contributed by atoms with Crippen LogP contribution in [-0.4, -0.2) is 34.7 Å². The lowest BCUT2D eigenvalue weighted by Gasteiger charge is -2.33. The fourth-order valence-electron chi connectivity index (χ4n) is 3.10. The molecule has 1 saturated heterocycles. The second-order valence-corrected chi connectivity index (χ2v) is 7.89. The van der Waals surface area contributed by atoms with Crippen LogP contribution in [0, 0.1) is 0 Å². The summed E-state index contributed by atoms with van der Waals surface area (Å²) in [5.74, 6) is -0.311. The van der Waals surface area contributed by atoms with Gasteiger partial charge in [0.1, 0.15) is 11.1 Å². The first-order chi connectivity index (χ1) is 12.2. The first-order valence-electron chi connectivity index (χ1n) is 8.48. The molecule has 1 fully saturated rings. The molecule has 1 aliphatic rings. The van der Waals surface area contributed by atoms with Crippen molar-refractivity contribution in [3.8, 4) is 0 Å². The van der Waals surface area contributed by atoms with Crippen LogP contribution in [0.2, 0.25) is 0 Å². The summed E-state index contributed by atoms with van der Waals surface area (Å²) in [6.45, 7) is 5.74. The summed E-state index contributed by atoms with van der Waals surface area (Å²) in [7, 11) is 0. The van der Waals surface area contributed by atoms with E-state index < -0.39 is 22.6 Å². The van der Waals surface area contributed by atoms with Crippen LogP contribution in [0.3, 0.4) is 0 Å². The molecule has 138 valence electrons. The fourth-order valence-corrected chi connectivity index (χ4v) is 3.50. The molecule has 2 aromatic rings. The number of hydrogen-bond donors (Lipinski definition) is 2. The average Bonchev–Trinajstić information content (AvgIpc) is 2.93. The largest absolute Gasteiger partial charge is 0.444 e. The molecule has 2 amide bonds. The number of rotatable bonds is 3. The number of nitrogens with one attached hydrogen (secondary N) is 2. The van der Waals surface area contributed by atoms with Gasteiger partial charge < -0.3 is 15.4 Å². The monoisotopic (exact) mass is 375 g/mol. The molecule has 0 aliphatic carbocycles. The van der Waals surface area contributed by atoms with Gasteiger partial charge in [0.15, 0.2) is 0 Å². The number of benzene rings is 1. The second kappa shape index (κ2) is 6.76. The minimum atomic E-state index is -1.26. The van der Waals surface area contributed by atoms with Crippen LogP contribution in [-0.2, 0) is 9.53 Å². The van der Waals surface area contributed by atoms with Gasteiger partial charge in [0.05, 0.1) is 5.38 Å². The first kappa shape index (κ1) is 18.5. The number of alkyl carbamates (subject to hydrolysis) is 1. The Balaban J connectivity index is 1.93. The number of nitrogens with zero attached hydrogens (tertiary/aromatic N) is 1. The van der Waals surface area contributed by atoms with E-state index >= 15 is 0 Å². The minimum Gasteiger partial charge on any atom is -0.444 e. The van der Waals surface area contributed by atoms with Crippen molar-refractivity contribution in [1.82, 2.24) is 15.6 Å². The molecule has 26 heavy (non-hydrogen) atoms. The maximum atomic E-state index is 12.6. The fraction of sp³-hybridized carbons (Fsp3) is 0.421. The van der Waals surface area contributed by atoms with Crippen LogP contribution in [0.15, 0.2) is 36.7 Å². The Labute approximate surface area is 157 Å². The zero-order valence-corrected chi connectivity index (χ0v) is 15.8. The van der Waals surface area contributed by atoms with Gasteiger partial charge in [-0.15, -0.1) is 11.6 Å². The van der Waals surface area contributed by atoms with E-state index in [1.807, 2.05) is 24.3 Å². The van der Waals surface area contributed by atoms with E-state index in [1.54, 1.807) is 33.2 Å². The van der Waals surface area contributed by atoms with E-state index in [1.165, 1.54) is 0 Å². The van der Waals surface area contributed by atoms with Gasteiger partial charge in [-0.3, -0.25) is 9.78 Å². The number of carbonyl (C=O) groups is 2. The van der Waals surface area contributed by atoms with Crippen molar-refractivity contribution < 1.29 is 14.3 Å². The molecule has 0 radical (unpaired) electrons. The van der Waals surface area contributed by atoms with Crippen molar-refractivity contribution in [1.29, 1.82) is 0 Å². The van der Waals surface area contributed by atoms with Gasteiger partial charge in [-0.05, 0) is 50.3 Å². The Morgan fingerprint density at radius 3 is 2.77 bits per heavy atom. The summed E-state index contributed by atoms with van der Waals surface area (Å²) in [6, 6.07) is 7.59. The Morgan fingerprint density at radius 1 is 1.35 bits per heavy atom. The maximum absolute atomic E-state index is 12.6. The van der Waals surface area contributed by atoms with Gasteiger partial charge in [0.25, 0.3) is 0 Å². The summed E-state index contributed by atoms with van der Waals surface area (Å²) in [4.78, 5) is 29.0. The Hall–Kier alpha value is -2.34. The molecule has 1 aromatic heterocycles. The van der Waals surface area contributed by atoms with Gasteiger partial charge in [-0.1, -0.05) is 12.1 Å². The normalized spacial score (nSPS) is 21.3. The quantitative estimate of drug-likeness (QED) is 0.806. The highest BCUT2D eigenvalue weighted by atomic mass is 35.5. The van der Waals surface area contributed by atoms with Gasteiger partial charge in [-0.2, -0.15) is 0 Å². The molecule has 1 unspecified atom stereocenters. The van der Waals surface area contributed by atoms with Crippen molar-refractivity contribution in [3.63, 3.8) is 0 Å². The third-order valence-electron chi connectivity index (χ3n) is 4.32. The van der Waals surface area contributed by atoms with Crippen molar-refractivity contribution in [2.24, 2.45) is 0 Å². The molecule has 2 atom stereocenters. The zero-order valence-electron chi connectivity index (χ0n) is 15.0. The van der Waals surface area contributed by atoms with Crippen molar-refractivity contribution >= 4 is 34.4 Å². The van der Waals surface area contributed by atoms with E-state index in [-0.39, 0.29) is 5.91 Å². The highest BCUT2D eigenvalue weighted by Crippen LogP contribution is 2.38. The predicted octanol–water partition coefficient (Wildman–Crippen LogP) is 3.30. The number of alkyl halides is 1. The number of halogens is 1. The summed E-state index contributed by atoms with van der Waals surface area (Å²) in [5, 5.41) is 6.68. The molecule has 0 bridgehead atoms. The molecule has 0 spiro atoms. The van der Waals surface area contributed by atoms with E-state index in [2.05, 4.69) is 15.6 Å².